The molecule has 3 atom stereocenters. The maximum atomic E-state index is 5.79. The van der Waals surface area contributed by atoms with Gasteiger partial charge in [-0.05, 0) is 31.2 Å². The highest BCUT2D eigenvalue weighted by molar-refractivity contribution is 5.18. The molecule has 1 saturated heterocycles. The zero-order valence-corrected chi connectivity index (χ0v) is 10.9. The van der Waals surface area contributed by atoms with Crippen molar-refractivity contribution in [2.75, 3.05) is 13.1 Å². The molecule has 1 aromatic rings. The maximum Gasteiger partial charge on any atom is 0.0704 e. The first-order chi connectivity index (χ1) is 8.25. The molecule has 0 amide bonds. The van der Waals surface area contributed by atoms with E-state index in [9.17, 15) is 0 Å². The molecule has 1 heterocycles. The summed E-state index contributed by atoms with van der Waals surface area (Å²) in [5.41, 5.74) is 1.40. The Kier molecular flexibility index (Phi) is 4.57. The van der Waals surface area contributed by atoms with Crippen molar-refractivity contribution in [3.63, 3.8) is 0 Å². The molecule has 94 valence electrons. The minimum atomic E-state index is 0.424. The van der Waals surface area contributed by atoms with E-state index in [2.05, 4.69) is 49.5 Å². The molecule has 2 nitrogen and oxygen atoms in total. The van der Waals surface area contributed by atoms with Gasteiger partial charge in [-0.15, -0.1) is 0 Å². The van der Waals surface area contributed by atoms with Gasteiger partial charge in [0.15, 0.2) is 0 Å². The lowest BCUT2D eigenvalue weighted by Crippen LogP contribution is -2.29. The van der Waals surface area contributed by atoms with Gasteiger partial charge < -0.3 is 10.1 Å². The average Bonchev–Trinajstić information content (AvgIpc) is 2.76. The van der Waals surface area contributed by atoms with Gasteiger partial charge in [-0.25, -0.2) is 0 Å². The largest absolute Gasteiger partial charge is 0.374 e. The van der Waals surface area contributed by atoms with Gasteiger partial charge in [0.25, 0.3) is 0 Å². The van der Waals surface area contributed by atoms with Crippen molar-refractivity contribution in [3.05, 3.63) is 35.9 Å². The van der Waals surface area contributed by atoms with Gasteiger partial charge in [0.2, 0.25) is 0 Å². The number of nitrogens with one attached hydrogen (secondary N) is 1. The summed E-state index contributed by atoms with van der Waals surface area (Å²) in [6.45, 7) is 6.44. The van der Waals surface area contributed by atoms with Crippen molar-refractivity contribution in [2.24, 2.45) is 0 Å². The smallest absolute Gasteiger partial charge is 0.0704 e. The molecule has 1 aromatic carbocycles. The molecule has 2 heteroatoms. The highest BCUT2D eigenvalue weighted by atomic mass is 16.5. The number of hydrogen-bond acceptors (Lipinski definition) is 2. The predicted octanol–water partition coefficient (Wildman–Crippen LogP) is 2.95. The second kappa shape index (κ2) is 6.18. The second-order valence-electron chi connectivity index (χ2n) is 5.12. The summed E-state index contributed by atoms with van der Waals surface area (Å²) in [6, 6.07) is 10.7. The molecule has 1 aliphatic heterocycles. The summed E-state index contributed by atoms with van der Waals surface area (Å²) >= 11 is 0. The Bertz CT molecular complexity index is 325. The number of hydrogen-bond donors (Lipinski definition) is 1. The van der Waals surface area contributed by atoms with Crippen LogP contribution in [0.5, 0.6) is 0 Å². The molecule has 0 aliphatic carbocycles. The van der Waals surface area contributed by atoms with Crippen molar-refractivity contribution < 1.29 is 4.74 Å². The highest BCUT2D eigenvalue weighted by Crippen LogP contribution is 2.18. The second-order valence-corrected chi connectivity index (χ2v) is 5.12. The van der Waals surface area contributed by atoms with E-state index in [1.807, 2.05) is 0 Å². The van der Waals surface area contributed by atoms with E-state index < -0.39 is 0 Å². The predicted molar refractivity (Wildman–Crippen MR) is 71.3 cm³/mol. The summed E-state index contributed by atoms with van der Waals surface area (Å²) in [5, 5.41) is 3.52. The quantitative estimate of drug-likeness (QED) is 0.844. The third kappa shape index (κ3) is 3.83. The lowest BCUT2D eigenvalue weighted by molar-refractivity contribution is 0.0560. The Morgan fingerprint density at radius 3 is 2.71 bits per heavy atom. The van der Waals surface area contributed by atoms with Crippen LogP contribution < -0.4 is 5.32 Å². The molecule has 1 N–H and O–H groups in total. The van der Waals surface area contributed by atoms with Crippen LogP contribution in [-0.2, 0) is 4.74 Å². The van der Waals surface area contributed by atoms with Gasteiger partial charge in [0, 0.05) is 13.1 Å². The lowest BCUT2D eigenvalue weighted by Gasteiger charge is -2.16. The molecule has 17 heavy (non-hydrogen) atoms. The fourth-order valence-electron chi connectivity index (χ4n) is 2.40. The van der Waals surface area contributed by atoms with Crippen LogP contribution in [0.4, 0.5) is 0 Å². The summed E-state index contributed by atoms with van der Waals surface area (Å²) in [6.07, 6.45) is 3.29. The van der Waals surface area contributed by atoms with Gasteiger partial charge in [0.05, 0.1) is 12.2 Å². The number of ether oxygens (including phenoxy) is 1. The Hall–Kier alpha value is -0.860. The summed E-state index contributed by atoms with van der Waals surface area (Å²) in [4.78, 5) is 0. The molecule has 2 rings (SSSR count). The first kappa shape index (κ1) is 12.6. The molecule has 3 unspecified atom stereocenters. The van der Waals surface area contributed by atoms with E-state index in [0.717, 1.165) is 13.1 Å². The van der Waals surface area contributed by atoms with Crippen LogP contribution in [0.1, 0.15) is 38.2 Å². The van der Waals surface area contributed by atoms with Crippen LogP contribution in [-0.4, -0.2) is 25.3 Å². The van der Waals surface area contributed by atoms with Gasteiger partial charge >= 0.3 is 0 Å². The molecule has 0 spiro atoms. The van der Waals surface area contributed by atoms with Crippen LogP contribution in [0.15, 0.2) is 30.3 Å². The van der Waals surface area contributed by atoms with Gasteiger partial charge in [-0.1, -0.05) is 37.3 Å². The summed E-state index contributed by atoms with van der Waals surface area (Å²) < 4.78 is 5.79. The molecule has 0 radical (unpaired) electrons. The van der Waals surface area contributed by atoms with Gasteiger partial charge in [-0.3, -0.25) is 0 Å². The summed E-state index contributed by atoms with van der Waals surface area (Å²) in [7, 11) is 0. The zero-order chi connectivity index (χ0) is 12.1. The third-order valence-corrected chi connectivity index (χ3v) is 3.51. The third-order valence-electron chi connectivity index (χ3n) is 3.51. The molecule has 0 aromatic heterocycles. The fourth-order valence-corrected chi connectivity index (χ4v) is 2.40. The van der Waals surface area contributed by atoms with Crippen LogP contribution in [0, 0.1) is 0 Å². The standard InChI is InChI=1S/C15H23NO/c1-12(14-6-4-3-5-7-14)10-16-11-15-9-8-13(2)17-15/h3-7,12-13,15-16H,8-11H2,1-2H3. The van der Waals surface area contributed by atoms with Gasteiger partial charge in [0.1, 0.15) is 0 Å². The van der Waals surface area contributed by atoms with E-state index in [1.165, 1.54) is 18.4 Å². The Morgan fingerprint density at radius 1 is 1.29 bits per heavy atom. The van der Waals surface area contributed by atoms with E-state index in [1.54, 1.807) is 0 Å². The van der Waals surface area contributed by atoms with Crippen molar-refractivity contribution in [2.45, 2.75) is 44.8 Å². The van der Waals surface area contributed by atoms with Crippen LogP contribution in [0.3, 0.4) is 0 Å². The summed E-state index contributed by atoms with van der Waals surface area (Å²) in [5.74, 6) is 0.565. The maximum absolute atomic E-state index is 5.79. The first-order valence-electron chi connectivity index (χ1n) is 6.67. The molecular weight excluding hydrogens is 210 g/mol. The van der Waals surface area contributed by atoms with Crippen molar-refractivity contribution in [1.82, 2.24) is 5.32 Å². The van der Waals surface area contributed by atoms with Crippen molar-refractivity contribution in [3.8, 4) is 0 Å². The SMILES string of the molecule is CC1CCC(CNCC(C)c2ccccc2)O1. The molecular formula is C15H23NO. The van der Waals surface area contributed by atoms with Crippen LogP contribution in [0.25, 0.3) is 0 Å². The van der Waals surface area contributed by atoms with Crippen molar-refractivity contribution >= 4 is 0 Å². The Balaban J connectivity index is 1.68. The fraction of sp³-hybridized carbons (Fsp3) is 0.600. The average molecular weight is 233 g/mol. The first-order valence-corrected chi connectivity index (χ1v) is 6.67. The van der Waals surface area contributed by atoms with Crippen molar-refractivity contribution in [1.29, 1.82) is 0 Å². The Morgan fingerprint density at radius 2 is 2.06 bits per heavy atom. The van der Waals surface area contributed by atoms with Gasteiger partial charge in [-0.2, -0.15) is 0 Å². The molecule has 1 fully saturated rings. The highest BCUT2D eigenvalue weighted by Gasteiger charge is 2.21. The number of rotatable bonds is 5. The van der Waals surface area contributed by atoms with E-state index in [0.29, 0.717) is 18.1 Å². The van der Waals surface area contributed by atoms with Crippen LogP contribution >= 0.6 is 0 Å². The monoisotopic (exact) mass is 233 g/mol. The minimum Gasteiger partial charge on any atom is -0.374 e. The normalized spacial score (nSPS) is 26.0. The van der Waals surface area contributed by atoms with E-state index in [-0.39, 0.29) is 0 Å². The number of benzene rings is 1. The van der Waals surface area contributed by atoms with E-state index in [4.69, 9.17) is 4.74 Å². The lowest BCUT2D eigenvalue weighted by atomic mass is 10.0. The Labute approximate surface area is 104 Å². The minimum absolute atomic E-state index is 0.424. The topological polar surface area (TPSA) is 21.3 Å². The van der Waals surface area contributed by atoms with Crippen LogP contribution in [0.2, 0.25) is 0 Å². The van der Waals surface area contributed by atoms with E-state index >= 15 is 0 Å². The molecule has 0 bridgehead atoms. The molecule has 0 saturated carbocycles. The molecule has 1 aliphatic rings. The zero-order valence-electron chi connectivity index (χ0n) is 10.9.